The summed E-state index contributed by atoms with van der Waals surface area (Å²) in [4.78, 5) is 28.8. The van der Waals surface area contributed by atoms with E-state index in [-0.39, 0.29) is 16.8 Å². The van der Waals surface area contributed by atoms with E-state index in [9.17, 15) is 14.9 Å². The number of pyridine rings is 1. The van der Waals surface area contributed by atoms with Gasteiger partial charge < -0.3 is 4.98 Å². The molecule has 3 aromatic rings. The number of hydrogen-bond acceptors (Lipinski definition) is 4. The van der Waals surface area contributed by atoms with E-state index in [0.29, 0.717) is 10.5 Å². The van der Waals surface area contributed by atoms with Gasteiger partial charge in [-0.25, -0.2) is 0 Å². The molecule has 1 aliphatic heterocycles. The molecule has 0 unspecified atom stereocenters. The van der Waals surface area contributed by atoms with Crippen molar-refractivity contribution in [3.63, 3.8) is 0 Å². The summed E-state index contributed by atoms with van der Waals surface area (Å²) in [7, 11) is 0. The third-order valence-corrected chi connectivity index (χ3v) is 6.05. The minimum Gasteiger partial charge on any atom is -0.349 e. The van der Waals surface area contributed by atoms with Crippen LogP contribution < -0.4 is 5.43 Å². The number of para-hydroxylation sites is 1. The molecule has 1 aliphatic carbocycles. The molecule has 0 spiro atoms. The Labute approximate surface area is 169 Å². The Bertz CT molecular complexity index is 1440. The van der Waals surface area contributed by atoms with Gasteiger partial charge in [-0.3, -0.25) is 14.9 Å². The zero-order valence-corrected chi connectivity index (χ0v) is 15.9. The van der Waals surface area contributed by atoms with Crippen LogP contribution >= 0.6 is 11.8 Å². The molecular formula is C23H14N2O3S. The van der Waals surface area contributed by atoms with Crippen LogP contribution in [0.3, 0.4) is 0 Å². The third kappa shape index (κ3) is 2.94. The average molecular weight is 398 g/mol. The van der Waals surface area contributed by atoms with Crippen LogP contribution in [0.5, 0.6) is 0 Å². The molecule has 0 fully saturated rings. The van der Waals surface area contributed by atoms with E-state index >= 15 is 0 Å². The number of aromatic amines is 1. The predicted molar refractivity (Wildman–Crippen MR) is 116 cm³/mol. The van der Waals surface area contributed by atoms with Crippen LogP contribution in [-0.2, 0) is 0 Å². The first-order valence-electron chi connectivity index (χ1n) is 9.00. The second-order valence-electron chi connectivity index (χ2n) is 6.70. The highest BCUT2D eigenvalue weighted by Crippen LogP contribution is 2.37. The summed E-state index contributed by atoms with van der Waals surface area (Å²) in [6, 6.07) is 24.3. The largest absolute Gasteiger partial charge is 0.349 e. The van der Waals surface area contributed by atoms with Gasteiger partial charge in [-0.2, -0.15) is 0 Å². The van der Waals surface area contributed by atoms with Crippen molar-refractivity contribution in [2.75, 3.05) is 0 Å². The van der Waals surface area contributed by atoms with Gasteiger partial charge in [0.2, 0.25) is 5.43 Å². The summed E-state index contributed by atoms with van der Waals surface area (Å²) in [5.41, 5.74) is 0.997. The zero-order chi connectivity index (χ0) is 20.0. The highest BCUT2D eigenvalue weighted by atomic mass is 32.2. The van der Waals surface area contributed by atoms with Crippen LogP contribution in [0.4, 0.5) is 5.69 Å². The topological polar surface area (TPSA) is 76.0 Å². The van der Waals surface area contributed by atoms with Crippen molar-refractivity contribution < 1.29 is 4.92 Å². The van der Waals surface area contributed by atoms with Crippen LogP contribution in [0.1, 0.15) is 0 Å². The Morgan fingerprint density at radius 2 is 1.55 bits per heavy atom. The quantitative estimate of drug-likeness (QED) is 0.235. The average Bonchev–Trinajstić information content (AvgIpc) is 2.74. The van der Waals surface area contributed by atoms with Crippen LogP contribution in [0.2, 0.25) is 0 Å². The predicted octanol–water partition coefficient (Wildman–Crippen LogP) is 5.85. The van der Waals surface area contributed by atoms with E-state index < -0.39 is 4.92 Å². The van der Waals surface area contributed by atoms with Crippen molar-refractivity contribution in [3.8, 4) is 11.3 Å². The van der Waals surface area contributed by atoms with Crippen molar-refractivity contribution in [1.29, 1.82) is 0 Å². The Hall–Kier alpha value is -3.64. The van der Waals surface area contributed by atoms with Gasteiger partial charge in [0, 0.05) is 16.5 Å². The number of fused-ring (bicyclic) bond motifs is 3. The molecule has 0 radical (unpaired) electrons. The molecule has 2 aliphatic rings. The lowest BCUT2D eigenvalue weighted by molar-refractivity contribution is -0.384. The standard InChI is InChI=1S/C23H14N2O3S/c26-23-17-12-15-7-2-4-10-18(15)24-22(17)19(25(27)28)13-21(23)29-20-11-5-8-14-6-1-3-9-16(14)20/h1-13,24H. The molecule has 0 saturated carbocycles. The molecule has 0 amide bonds. The van der Waals surface area contributed by atoms with Gasteiger partial charge in [-0.15, -0.1) is 0 Å². The molecule has 0 saturated heterocycles. The molecule has 1 N–H and O–H groups in total. The number of hydrogen-bond donors (Lipinski definition) is 1. The Morgan fingerprint density at radius 1 is 0.828 bits per heavy atom. The number of nitro groups is 1. The molecule has 5 rings (SSSR count). The third-order valence-electron chi connectivity index (χ3n) is 4.95. The first-order chi connectivity index (χ1) is 14.1. The van der Waals surface area contributed by atoms with E-state index in [4.69, 9.17) is 0 Å². The summed E-state index contributed by atoms with van der Waals surface area (Å²) in [6.45, 7) is 0. The summed E-state index contributed by atoms with van der Waals surface area (Å²) in [6.07, 6.45) is 0. The van der Waals surface area contributed by atoms with Gasteiger partial charge in [-0.05, 0) is 34.4 Å². The molecule has 0 atom stereocenters. The highest BCUT2D eigenvalue weighted by molar-refractivity contribution is 7.99. The van der Waals surface area contributed by atoms with E-state index in [0.717, 1.165) is 26.6 Å². The summed E-state index contributed by atoms with van der Waals surface area (Å²) < 4.78 is 0. The van der Waals surface area contributed by atoms with E-state index in [2.05, 4.69) is 4.98 Å². The normalized spacial score (nSPS) is 11.3. The smallest absolute Gasteiger partial charge is 0.294 e. The van der Waals surface area contributed by atoms with Gasteiger partial charge >= 0.3 is 0 Å². The number of nitrogens with zero attached hydrogens (tertiary/aromatic N) is 1. The van der Waals surface area contributed by atoms with Crippen molar-refractivity contribution in [2.24, 2.45) is 0 Å². The molecule has 1 heterocycles. The molecular weight excluding hydrogens is 384 g/mol. The summed E-state index contributed by atoms with van der Waals surface area (Å²) in [5, 5.41) is 14.6. The van der Waals surface area contributed by atoms with Gasteiger partial charge in [0.05, 0.1) is 15.4 Å². The maximum Gasteiger partial charge on any atom is 0.294 e. The second-order valence-corrected chi connectivity index (χ2v) is 7.79. The van der Waals surface area contributed by atoms with Crippen molar-refractivity contribution in [3.05, 3.63) is 99.2 Å². The van der Waals surface area contributed by atoms with Crippen molar-refractivity contribution in [1.82, 2.24) is 4.98 Å². The fourth-order valence-corrected chi connectivity index (χ4v) is 4.62. The summed E-state index contributed by atoms with van der Waals surface area (Å²) >= 11 is 1.26. The number of H-pyrrole nitrogens is 1. The van der Waals surface area contributed by atoms with E-state index in [1.54, 1.807) is 6.07 Å². The summed E-state index contributed by atoms with van der Waals surface area (Å²) in [5.74, 6) is 0. The fourth-order valence-electron chi connectivity index (χ4n) is 3.57. The Morgan fingerprint density at radius 3 is 2.38 bits per heavy atom. The van der Waals surface area contributed by atoms with Crippen LogP contribution in [-0.4, -0.2) is 9.91 Å². The van der Waals surface area contributed by atoms with Crippen LogP contribution in [0.15, 0.2) is 93.4 Å². The van der Waals surface area contributed by atoms with E-state index in [1.807, 2.05) is 66.7 Å². The Balaban J connectivity index is 1.77. The number of rotatable bonds is 3. The minimum absolute atomic E-state index is 0.104. The lowest BCUT2D eigenvalue weighted by Gasteiger charge is -2.11. The SMILES string of the molecule is O=c1c(Sc2cccc3ccccc23)cc([N+](=O)[O-])c2[nH]c3ccccc3cc1-2. The molecule has 6 heteroatoms. The van der Waals surface area contributed by atoms with Gasteiger partial charge in [-0.1, -0.05) is 66.4 Å². The number of nitro benzene ring substituents is 1. The first-order valence-corrected chi connectivity index (χ1v) is 9.82. The molecule has 0 bridgehead atoms. The highest BCUT2D eigenvalue weighted by Gasteiger charge is 2.25. The molecule has 3 aromatic carbocycles. The second kappa shape index (κ2) is 6.76. The molecule has 0 aromatic heterocycles. The van der Waals surface area contributed by atoms with Gasteiger partial charge in [0.15, 0.2) is 0 Å². The van der Waals surface area contributed by atoms with Crippen LogP contribution in [0, 0.1) is 10.1 Å². The van der Waals surface area contributed by atoms with Crippen molar-refractivity contribution in [2.45, 2.75) is 9.79 Å². The molecule has 29 heavy (non-hydrogen) atoms. The maximum atomic E-state index is 13.2. The minimum atomic E-state index is -0.444. The monoisotopic (exact) mass is 398 g/mol. The maximum absolute atomic E-state index is 13.2. The van der Waals surface area contributed by atoms with Gasteiger partial charge in [0.25, 0.3) is 5.69 Å². The van der Waals surface area contributed by atoms with E-state index in [1.165, 1.54) is 17.8 Å². The van der Waals surface area contributed by atoms with Crippen LogP contribution in [0.25, 0.3) is 32.9 Å². The molecule has 5 nitrogen and oxygen atoms in total. The number of nitrogens with one attached hydrogen (secondary N) is 1. The number of benzene rings is 4. The van der Waals surface area contributed by atoms with Crippen molar-refractivity contribution >= 4 is 39.1 Å². The first kappa shape index (κ1) is 17.5. The Kier molecular flexibility index (Phi) is 4.07. The van der Waals surface area contributed by atoms with Gasteiger partial charge in [0.1, 0.15) is 5.69 Å². The lowest BCUT2D eigenvalue weighted by Crippen LogP contribution is -2.12. The number of aromatic nitrogens is 1. The molecule has 140 valence electrons. The lowest BCUT2D eigenvalue weighted by atomic mass is 10.0. The zero-order valence-electron chi connectivity index (χ0n) is 15.1. The fraction of sp³-hybridized carbons (Fsp3) is 0.